The van der Waals surface area contributed by atoms with Gasteiger partial charge in [0.2, 0.25) is 0 Å². The number of fused-ring (bicyclic) bond motifs is 2. The van der Waals surface area contributed by atoms with Crippen LogP contribution in [0.2, 0.25) is 39.3 Å². The van der Waals surface area contributed by atoms with Crippen LogP contribution in [0.25, 0.3) is 21.5 Å². The Morgan fingerprint density at radius 1 is 0.425 bits per heavy atom. The molecular weight excluding hydrogens is 517 g/mol. The molecule has 0 spiro atoms. The molecule has 0 radical (unpaired) electrons. The number of anilines is 4. The van der Waals surface area contributed by atoms with Gasteiger partial charge in [-0.05, 0) is 48.5 Å². The Morgan fingerprint density at radius 3 is 1.00 bits per heavy atom. The van der Waals surface area contributed by atoms with Crippen molar-refractivity contribution >= 4 is 60.4 Å². The van der Waals surface area contributed by atoms with Crippen LogP contribution in [0.1, 0.15) is 11.1 Å². The first kappa shape index (κ1) is 27.3. The molecule has 0 saturated heterocycles. The van der Waals surface area contributed by atoms with Crippen molar-refractivity contribution in [1.29, 1.82) is 0 Å². The molecule has 2 N–H and O–H groups in total. The minimum atomic E-state index is -1.41. The summed E-state index contributed by atoms with van der Waals surface area (Å²) < 4.78 is 0. The molecule has 0 heterocycles. The SMILES string of the molecule is C[Si](C)(C)C#Cc1ccc(Nc2c3ccccc3c(Nc3ccc(C#C[Si](C)(C)C)cc3)c3ccccc23)cc1. The van der Waals surface area contributed by atoms with Crippen LogP contribution in [0.15, 0.2) is 97.1 Å². The van der Waals surface area contributed by atoms with Gasteiger partial charge >= 0.3 is 0 Å². The third-order valence-electron chi connectivity index (χ3n) is 6.40. The zero-order chi connectivity index (χ0) is 28.3. The second-order valence-electron chi connectivity index (χ2n) is 12.2. The first-order chi connectivity index (χ1) is 19.1. The zero-order valence-corrected chi connectivity index (χ0v) is 26.2. The molecule has 0 aliphatic carbocycles. The number of nitrogens with one attached hydrogen (secondary N) is 2. The molecule has 0 fully saturated rings. The van der Waals surface area contributed by atoms with Gasteiger partial charge in [0, 0.05) is 44.0 Å². The third-order valence-corrected chi connectivity index (χ3v) is 8.15. The third kappa shape index (κ3) is 6.67. The van der Waals surface area contributed by atoms with E-state index in [1.165, 1.54) is 21.5 Å². The molecule has 0 aliphatic rings. The van der Waals surface area contributed by atoms with Gasteiger partial charge in [-0.2, -0.15) is 0 Å². The largest absolute Gasteiger partial charge is 0.355 e. The lowest BCUT2D eigenvalue weighted by molar-refractivity contribution is 1.55. The van der Waals surface area contributed by atoms with Crippen molar-refractivity contribution in [2.75, 3.05) is 10.6 Å². The van der Waals surface area contributed by atoms with Gasteiger partial charge < -0.3 is 10.6 Å². The summed E-state index contributed by atoms with van der Waals surface area (Å²) in [5.74, 6) is 6.70. The molecule has 4 heteroatoms. The fraction of sp³-hybridized carbons (Fsp3) is 0.167. The first-order valence-electron chi connectivity index (χ1n) is 13.8. The number of rotatable bonds is 4. The lowest BCUT2D eigenvalue weighted by atomic mass is 9.97. The predicted molar refractivity (Wildman–Crippen MR) is 181 cm³/mol. The van der Waals surface area contributed by atoms with Gasteiger partial charge in [-0.15, -0.1) is 11.1 Å². The van der Waals surface area contributed by atoms with E-state index >= 15 is 0 Å². The molecule has 0 amide bonds. The Balaban J connectivity index is 1.53. The van der Waals surface area contributed by atoms with Gasteiger partial charge in [-0.1, -0.05) is 99.7 Å². The fourth-order valence-electron chi connectivity index (χ4n) is 4.48. The summed E-state index contributed by atoms with van der Waals surface area (Å²) in [6, 6.07) is 34.1. The van der Waals surface area contributed by atoms with Crippen LogP contribution in [0, 0.1) is 22.9 Å². The number of benzene rings is 5. The molecule has 0 unspecified atom stereocenters. The summed E-state index contributed by atoms with van der Waals surface area (Å²) in [6.45, 7) is 13.6. The zero-order valence-electron chi connectivity index (χ0n) is 24.2. The van der Waals surface area contributed by atoms with Crippen molar-refractivity contribution in [2.24, 2.45) is 0 Å². The van der Waals surface area contributed by atoms with Crippen LogP contribution in [0.5, 0.6) is 0 Å². The summed E-state index contributed by atoms with van der Waals surface area (Å²) in [6.07, 6.45) is 0. The maximum Gasteiger partial charge on any atom is 0.129 e. The molecule has 40 heavy (non-hydrogen) atoms. The molecule has 0 saturated carbocycles. The van der Waals surface area contributed by atoms with Crippen LogP contribution in [0.3, 0.4) is 0 Å². The predicted octanol–water partition coefficient (Wildman–Crippen LogP) is 9.94. The van der Waals surface area contributed by atoms with Gasteiger partial charge in [0.15, 0.2) is 0 Å². The van der Waals surface area contributed by atoms with E-state index in [-0.39, 0.29) is 0 Å². The lowest BCUT2D eigenvalue weighted by Crippen LogP contribution is -2.16. The summed E-state index contributed by atoms with van der Waals surface area (Å²) in [4.78, 5) is 0. The van der Waals surface area contributed by atoms with Gasteiger partial charge in [-0.25, -0.2) is 0 Å². The van der Waals surface area contributed by atoms with Crippen LogP contribution in [-0.4, -0.2) is 16.1 Å². The van der Waals surface area contributed by atoms with E-state index in [4.69, 9.17) is 0 Å². The van der Waals surface area contributed by atoms with E-state index in [0.717, 1.165) is 33.9 Å². The van der Waals surface area contributed by atoms with Gasteiger partial charge in [-0.3, -0.25) is 0 Å². The standard InChI is InChI=1S/C36H36N2Si2/c1-39(2,3)25-23-27-15-19-29(20-16-27)37-35-31-11-7-9-13-33(31)36(34-14-10-8-12-32(34)35)38-30-21-17-28(18-22-30)24-26-40(4,5)6/h7-22,37-38H,1-6H3. The molecule has 0 aromatic heterocycles. The van der Waals surface area contributed by atoms with E-state index in [1.807, 2.05) is 0 Å². The summed E-state index contributed by atoms with van der Waals surface area (Å²) in [5, 5.41) is 12.2. The van der Waals surface area contributed by atoms with Crippen LogP contribution < -0.4 is 10.6 Å². The maximum absolute atomic E-state index is 3.73. The Labute approximate surface area is 240 Å². The lowest BCUT2D eigenvalue weighted by Gasteiger charge is -2.19. The van der Waals surface area contributed by atoms with Crippen LogP contribution in [0.4, 0.5) is 22.7 Å². The topological polar surface area (TPSA) is 24.1 Å². The molecule has 5 aromatic rings. The van der Waals surface area contributed by atoms with Crippen molar-refractivity contribution in [2.45, 2.75) is 39.3 Å². The van der Waals surface area contributed by atoms with Crippen LogP contribution >= 0.6 is 0 Å². The Kier molecular flexibility index (Phi) is 7.59. The minimum absolute atomic E-state index is 1.05. The molecule has 5 rings (SSSR count). The average molecular weight is 553 g/mol. The van der Waals surface area contributed by atoms with Crippen molar-refractivity contribution in [3.05, 3.63) is 108 Å². The molecule has 5 aromatic carbocycles. The van der Waals surface area contributed by atoms with E-state index in [1.54, 1.807) is 0 Å². The first-order valence-corrected chi connectivity index (χ1v) is 20.8. The normalized spacial score (nSPS) is 11.3. The Bertz CT molecular complexity index is 1610. The van der Waals surface area contributed by atoms with E-state index < -0.39 is 16.1 Å². The quantitative estimate of drug-likeness (QED) is 0.100. The monoisotopic (exact) mass is 552 g/mol. The Morgan fingerprint density at radius 2 is 0.725 bits per heavy atom. The minimum Gasteiger partial charge on any atom is -0.355 e. The average Bonchev–Trinajstić information content (AvgIpc) is 2.93. The molecule has 198 valence electrons. The molecule has 0 aliphatic heterocycles. The van der Waals surface area contributed by atoms with Crippen molar-refractivity contribution in [1.82, 2.24) is 0 Å². The van der Waals surface area contributed by atoms with Gasteiger partial charge in [0.1, 0.15) is 16.1 Å². The van der Waals surface area contributed by atoms with E-state index in [0.29, 0.717) is 0 Å². The highest BCUT2D eigenvalue weighted by Crippen LogP contribution is 2.42. The van der Waals surface area contributed by atoms with E-state index in [9.17, 15) is 0 Å². The highest BCUT2D eigenvalue weighted by molar-refractivity contribution is 6.84. The van der Waals surface area contributed by atoms with E-state index in [2.05, 4.69) is 170 Å². The smallest absolute Gasteiger partial charge is 0.129 e. The molecular formula is C36H36N2Si2. The van der Waals surface area contributed by atoms with Crippen molar-refractivity contribution < 1.29 is 0 Å². The fourth-order valence-corrected chi connectivity index (χ4v) is 5.52. The Hall–Kier alpha value is -4.23. The van der Waals surface area contributed by atoms with Gasteiger partial charge in [0.05, 0.1) is 11.4 Å². The highest BCUT2D eigenvalue weighted by Gasteiger charge is 2.14. The number of hydrogen-bond donors (Lipinski definition) is 2. The summed E-state index contributed by atoms with van der Waals surface area (Å²) >= 11 is 0. The molecule has 0 bridgehead atoms. The van der Waals surface area contributed by atoms with Gasteiger partial charge in [0.25, 0.3) is 0 Å². The van der Waals surface area contributed by atoms with Crippen LogP contribution in [-0.2, 0) is 0 Å². The van der Waals surface area contributed by atoms with Crippen molar-refractivity contribution in [3.8, 4) is 22.9 Å². The summed E-state index contributed by atoms with van der Waals surface area (Å²) in [7, 11) is -2.82. The highest BCUT2D eigenvalue weighted by atomic mass is 28.3. The second-order valence-corrected chi connectivity index (χ2v) is 21.7. The number of hydrogen-bond acceptors (Lipinski definition) is 2. The molecule has 2 nitrogen and oxygen atoms in total. The maximum atomic E-state index is 3.73. The van der Waals surface area contributed by atoms with Crippen molar-refractivity contribution in [3.63, 3.8) is 0 Å². The second kappa shape index (κ2) is 11.1. The molecule has 0 atom stereocenters. The summed E-state index contributed by atoms with van der Waals surface area (Å²) in [5.41, 5.74) is 13.3.